The number of hydrazone groups is 1. The smallest absolute Gasteiger partial charge is 0.262 e. The van der Waals surface area contributed by atoms with E-state index < -0.39 is 17.8 Å². The lowest BCUT2D eigenvalue weighted by Gasteiger charge is -2.31. The van der Waals surface area contributed by atoms with Crippen LogP contribution in [0.2, 0.25) is 5.02 Å². The number of amides is 2. The van der Waals surface area contributed by atoms with Crippen molar-refractivity contribution in [3.05, 3.63) is 100 Å². The maximum Gasteiger partial charge on any atom is 0.262 e. The van der Waals surface area contributed by atoms with E-state index in [9.17, 15) is 14.0 Å². The summed E-state index contributed by atoms with van der Waals surface area (Å²) in [5.74, 6) is -0.671. The van der Waals surface area contributed by atoms with E-state index in [0.29, 0.717) is 42.7 Å². The fourth-order valence-corrected chi connectivity index (χ4v) is 5.41. The molecule has 0 radical (unpaired) electrons. The van der Waals surface area contributed by atoms with Crippen molar-refractivity contribution < 1.29 is 23.5 Å². The van der Waals surface area contributed by atoms with Gasteiger partial charge in [0.25, 0.3) is 11.8 Å². The number of morpholine rings is 1. The third-order valence-electron chi connectivity index (χ3n) is 7.32. The normalized spacial score (nSPS) is 17.3. The molecule has 2 amide bonds. The number of halogens is 2. The largest absolute Gasteiger partial charge is 0.496 e. The number of ether oxygens (including phenoxy) is 2. The zero-order valence-electron chi connectivity index (χ0n) is 22.8. The number of hydrogen-bond acceptors (Lipinski definition) is 6. The van der Waals surface area contributed by atoms with Crippen molar-refractivity contribution in [1.29, 1.82) is 0 Å². The Hall–Kier alpha value is -3.79. The molecule has 1 saturated heterocycles. The van der Waals surface area contributed by atoms with E-state index in [4.69, 9.17) is 26.2 Å². The van der Waals surface area contributed by atoms with Crippen LogP contribution in [0.3, 0.4) is 0 Å². The van der Waals surface area contributed by atoms with Crippen LogP contribution in [0.25, 0.3) is 0 Å². The van der Waals surface area contributed by atoms with Gasteiger partial charge < -0.3 is 14.4 Å². The Morgan fingerprint density at radius 2 is 1.83 bits per heavy atom. The van der Waals surface area contributed by atoms with Crippen molar-refractivity contribution in [2.75, 3.05) is 53.0 Å². The first-order valence-electron chi connectivity index (χ1n) is 13.6. The van der Waals surface area contributed by atoms with Gasteiger partial charge in [0.05, 0.1) is 32.1 Å². The molecular formula is C31H32ClFN4O4. The van der Waals surface area contributed by atoms with E-state index in [1.165, 1.54) is 28.1 Å². The Balaban J connectivity index is 1.45. The monoisotopic (exact) mass is 578 g/mol. The summed E-state index contributed by atoms with van der Waals surface area (Å²) >= 11 is 6.50. The summed E-state index contributed by atoms with van der Waals surface area (Å²) in [5.41, 5.74) is 2.38. The molecule has 5 rings (SSSR count). The van der Waals surface area contributed by atoms with Crippen LogP contribution in [0.4, 0.5) is 4.39 Å². The number of para-hydroxylation sites is 1. The number of rotatable bonds is 9. The lowest BCUT2D eigenvalue weighted by atomic mass is 9.97. The second kappa shape index (κ2) is 13.2. The molecule has 2 aliphatic heterocycles. The van der Waals surface area contributed by atoms with Crippen LogP contribution in [0.1, 0.15) is 33.9 Å². The highest BCUT2D eigenvalue weighted by atomic mass is 35.5. The predicted molar refractivity (Wildman–Crippen MR) is 155 cm³/mol. The van der Waals surface area contributed by atoms with E-state index in [1.54, 1.807) is 19.2 Å². The average molecular weight is 579 g/mol. The maximum absolute atomic E-state index is 14.0. The van der Waals surface area contributed by atoms with Crippen molar-refractivity contribution in [2.45, 2.75) is 12.5 Å². The summed E-state index contributed by atoms with van der Waals surface area (Å²) in [7, 11) is 1.58. The van der Waals surface area contributed by atoms with Gasteiger partial charge >= 0.3 is 0 Å². The minimum atomic E-state index is -0.514. The van der Waals surface area contributed by atoms with Crippen molar-refractivity contribution in [3.63, 3.8) is 0 Å². The van der Waals surface area contributed by atoms with Crippen LogP contribution < -0.4 is 4.74 Å². The van der Waals surface area contributed by atoms with Gasteiger partial charge in [0.2, 0.25) is 0 Å². The van der Waals surface area contributed by atoms with Crippen LogP contribution in [-0.4, -0.2) is 85.4 Å². The van der Waals surface area contributed by atoms with Gasteiger partial charge in [-0.1, -0.05) is 54.1 Å². The highest BCUT2D eigenvalue weighted by Gasteiger charge is 2.36. The fourth-order valence-electron chi connectivity index (χ4n) is 5.16. The molecule has 0 saturated carbocycles. The summed E-state index contributed by atoms with van der Waals surface area (Å²) in [6, 6.07) is 19.9. The molecule has 3 aromatic rings. The second-order valence-corrected chi connectivity index (χ2v) is 10.3. The zero-order chi connectivity index (χ0) is 28.8. The van der Waals surface area contributed by atoms with E-state index in [1.807, 2.05) is 42.5 Å². The molecule has 8 nitrogen and oxygen atoms in total. The van der Waals surface area contributed by atoms with Crippen molar-refractivity contribution in [3.8, 4) is 5.75 Å². The third-order valence-corrected chi connectivity index (χ3v) is 7.65. The Kier molecular flexibility index (Phi) is 9.28. The number of carbonyl (C=O) groups is 2. The molecule has 3 aromatic carbocycles. The lowest BCUT2D eigenvalue weighted by molar-refractivity contribution is -0.133. The van der Waals surface area contributed by atoms with E-state index >= 15 is 0 Å². The van der Waals surface area contributed by atoms with Crippen molar-refractivity contribution in [1.82, 2.24) is 14.8 Å². The molecule has 214 valence electrons. The number of carbonyl (C=O) groups excluding carboxylic acids is 2. The van der Waals surface area contributed by atoms with Crippen molar-refractivity contribution >= 4 is 29.1 Å². The lowest BCUT2D eigenvalue weighted by Crippen LogP contribution is -2.46. The number of nitrogens with zero attached hydrogens (tertiary/aromatic N) is 4. The standard InChI is InChI=1S/C31H32ClFN4O4/c1-40-29-12-5-3-10-25(29)28-20-27(24-9-2-4-11-26(24)32)34-37(28)30(38)21-36(14-13-35-15-17-41-18-16-35)31(39)22-7-6-8-23(33)19-22/h2-12,19,28H,13-18,20-21H2,1H3. The quantitative estimate of drug-likeness (QED) is 0.370. The summed E-state index contributed by atoms with van der Waals surface area (Å²) in [4.78, 5) is 31.2. The van der Waals surface area contributed by atoms with Crippen LogP contribution in [-0.2, 0) is 9.53 Å². The van der Waals surface area contributed by atoms with Gasteiger partial charge in [0.15, 0.2) is 0 Å². The molecule has 10 heteroatoms. The Morgan fingerprint density at radius 1 is 1.07 bits per heavy atom. The Labute approximate surface area is 243 Å². The minimum absolute atomic E-state index is 0.183. The first-order valence-corrected chi connectivity index (χ1v) is 13.9. The van der Waals surface area contributed by atoms with Crippen LogP contribution in [0, 0.1) is 5.82 Å². The van der Waals surface area contributed by atoms with Gasteiger partial charge in [0.1, 0.15) is 18.1 Å². The molecule has 1 fully saturated rings. The molecule has 0 bridgehead atoms. The van der Waals surface area contributed by atoms with Gasteiger partial charge in [-0.3, -0.25) is 14.5 Å². The zero-order valence-corrected chi connectivity index (χ0v) is 23.6. The molecule has 0 aromatic heterocycles. The molecular weight excluding hydrogens is 547 g/mol. The molecule has 2 aliphatic rings. The second-order valence-electron chi connectivity index (χ2n) is 9.92. The van der Waals surface area contributed by atoms with Crippen LogP contribution >= 0.6 is 11.6 Å². The molecule has 1 atom stereocenters. The van der Waals surface area contributed by atoms with Crippen molar-refractivity contribution in [2.24, 2.45) is 5.10 Å². The molecule has 41 heavy (non-hydrogen) atoms. The van der Waals surface area contributed by atoms with Gasteiger partial charge in [-0.05, 0) is 30.3 Å². The first kappa shape index (κ1) is 28.7. The van der Waals surface area contributed by atoms with Crippen LogP contribution in [0.15, 0.2) is 77.9 Å². The fraction of sp³-hybridized carbons (Fsp3) is 0.323. The minimum Gasteiger partial charge on any atom is -0.496 e. The van der Waals surface area contributed by atoms with Gasteiger partial charge in [0, 0.05) is 54.3 Å². The molecule has 1 unspecified atom stereocenters. The highest BCUT2D eigenvalue weighted by Crippen LogP contribution is 2.38. The summed E-state index contributed by atoms with van der Waals surface area (Å²) in [6.45, 7) is 3.32. The molecule has 2 heterocycles. The average Bonchev–Trinajstić information content (AvgIpc) is 3.45. The SMILES string of the molecule is COc1ccccc1C1CC(c2ccccc2Cl)=NN1C(=O)CN(CCN1CCOCC1)C(=O)c1cccc(F)c1. The summed E-state index contributed by atoms with van der Waals surface area (Å²) in [5, 5.41) is 6.70. The molecule has 0 aliphatic carbocycles. The van der Waals surface area contributed by atoms with Crippen LogP contribution in [0.5, 0.6) is 5.75 Å². The topological polar surface area (TPSA) is 74.7 Å². The van der Waals surface area contributed by atoms with Gasteiger partial charge in [-0.15, -0.1) is 0 Å². The summed E-state index contributed by atoms with van der Waals surface area (Å²) in [6.07, 6.45) is 0.418. The van der Waals surface area contributed by atoms with Gasteiger partial charge in [-0.25, -0.2) is 9.40 Å². The Morgan fingerprint density at radius 3 is 2.59 bits per heavy atom. The predicted octanol–water partition coefficient (Wildman–Crippen LogP) is 4.64. The number of hydrogen-bond donors (Lipinski definition) is 0. The first-order chi connectivity index (χ1) is 19.9. The molecule has 0 N–H and O–H groups in total. The highest BCUT2D eigenvalue weighted by molar-refractivity contribution is 6.34. The van der Waals surface area contributed by atoms with E-state index in [2.05, 4.69) is 4.90 Å². The Bertz CT molecular complexity index is 1430. The maximum atomic E-state index is 14.0. The third kappa shape index (κ3) is 6.75. The van der Waals surface area contributed by atoms with Gasteiger partial charge in [-0.2, -0.15) is 5.10 Å². The van der Waals surface area contributed by atoms with E-state index in [0.717, 1.165) is 24.2 Å². The number of methoxy groups -OCH3 is 1. The number of benzene rings is 3. The molecule has 0 spiro atoms. The summed E-state index contributed by atoms with van der Waals surface area (Å²) < 4.78 is 25.1. The van der Waals surface area contributed by atoms with E-state index in [-0.39, 0.29) is 24.6 Å².